The topological polar surface area (TPSA) is 79.8 Å². The summed E-state index contributed by atoms with van der Waals surface area (Å²) in [7, 11) is 0. The number of carbonyl (C=O) groups is 1. The largest absolute Gasteiger partial charge is 0.366 e. The summed E-state index contributed by atoms with van der Waals surface area (Å²) in [5.41, 5.74) is 1.32. The molecule has 0 bridgehead atoms. The van der Waals surface area contributed by atoms with Gasteiger partial charge in [-0.25, -0.2) is 0 Å². The molecule has 1 amide bonds. The molecule has 0 aliphatic heterocycles. The second-order valence-corrected chi connectivity index (χ2v) is 5.82. The summed E-state index contributed by atoms with van der Waals surface area (Å²) in [6.45, 7) is 0.450. The Labute approximate surface area is 135 Å². The lowest BCUT2D eigenvalue weighted by Crippen LogP contribution is -2.25. The monoisotopic (exact) mass is 311 g/mol. The van der Waals surface area contributed by atoms with Gasteiger partial charge in [-0.3, -0.25) is 9.78 Å². The standard InChI is InChI=1S/C17H21N5O/c23-17(19-12-13-8-10-18-11-9-13)15-6-7-16(22-21-15)20-14-4-2-1-3-5-14/h6-11,14H,1-5,12H2,(H,19,23)(H,20,22). The summed E-state index contributed by atoms with van der Waals surface area (Å²) in [6.07, 6.45) is 9.60. The van der Waals surface area contributed by atoms with Crippen molar-refractivity contribution in [1.29, 1.82) is 0 Å². The third kappa shape index (κ3) is 4.48. The van der Waals surface area contributed by atoms with Gasteiger partial charge >= 0.3 is 0 Å². The lowest BCUT2D eigenvalue weighted by atomic mass is 9.95. The van der Waals surface area contributed by atoms with Gasteiger partial charge in [0.25, 0.3) is 5.91 Å². The first-order chi connectivity index (χ1) is 11.3. The van der Waals surface area contributed by atoms with E-state index >= 15 is 0 Å². The number of nitrogens with one attached hydrogen (secondary N) is 2. The number of carbonyl (C=O) groups excluding carboxylic acids is 1. The van der Waals surface area contributed by atoms with Gasteiger partial charge < -0.3 is 10.6 Å². The zero-order valence-electron chi connectivity index (χ0n) is 13.0. The van der Waals surface area contributed by atoms with Crippen molar-refractivity contribution < 1.29 is 4.79 Å². The molecule has 3 rings (SSSR count). The summed E-state index contributed by atoms with van der Waals surface area (Å²) in [5.74, 6) is 0.515. The van der Waals surface area contributed by atoms with Crippen LogP contribution >= 0.6 is 0 Å². The first-order valence-corrected chi connectivity index (χ1v) is 8.08. The Morgan fingerprint density at radius 2 is 1.83 bits per heavy atom. The van der Waals surface area contributed by atoms with Gasteiger partial charge in [-0.2, -0.15) is 0 Å². The van der Waals surface area contributed by atoms with Crippen LogP contribution in [0.1, 0.15) is 48.2 Å². The van der Waals surface area contributed by atoms with Gasteiger partial charge in [0.1, 0.15) is 5.82 Å². The molecule has 0 spiro atoms. The maximum atomic E-state index is 12.1. The van der Waals surface area contributed by atoms with Gasteiger partial charge in [0, 0.05) is 25.0 Å². The highest BCUT2D eigenvalue weighted by Gasteiger charge is 2.14. The molecule has 6 heteroatoms. The van der Waals surface area contributed by atoms with Crippen LogP contribution in [0.4, 0.5) is 5.82 Å². The molecular weight excluding hydrogens is 290 g/mol. The number of pyridine rings is 1. The van der Waals surface area contributed by atoms with Crippen molar-refractivity contribution in [2.75, 3.05) is 5.32 Å². The van der Waals surface area contributed by atoms with E-state index < -0.39 is 0 Å². The number of anilines is 1. The smallest absolute Gasteiger partial charge is 0.272 e. The fourth-order valence-electron chi connectivity index (χ4n) is 2.76. The third-order valence-corrected chi connectivity index (χ3v) is 4.06. The minimum atomic E-state index is -0.224. The van der Waals surface area contributed by atoms with E-state index in [4.69, 9.17) is 0 Å². The molecule has 2 N–H and O–H groups in total. The summed E-state index contributed by atoms with van der Waals surface area (Å²) >= 11 is 0. The molecule has 2 heterocycles. The Morgan fingerprint density at radius 1 is 1.04 bits per heavy atom. The fourth-order valence-corrected chi connectivity index (χ4v) is 2.76. The van der Waals surface area contributed by atoms with Crippen LogP contribution < -0.4 is 10.6 Å². The molecule has 0 aromatic carbocycles. The molecule has 1 fully saturated rings. The zero-order valence-corrected chi connectivity index (χ0v) is 13.0. The van der Waals surface area contributed by atoms with Gasteiger partial charge in [-0.05, 0) is 42.7 Å². The second-order valence-electron chi connectivity index (χ2n) is 5.82. The van der Waals surface area contributed by atoms with Gasteiger partial charge in [0.15, 0.2) is 5.69 Å². The third-order valence-electron chi connectivity index (χ3n) is 4.06. The van der Waals surface area contributed by atoms with Gasteiger partial charge in [-0.1, -0.05) is 19.3 Å². The van der Waals surface area contributed by atoms with Crippen molar-refractivity contribution in [2.45, 2.75) is 44.7 Å². The quantitative estimate of drug-likeness (QED) is 0.887. The van der Waals surface area contributed by atoms with Crippen molar-refractivity contribution in [3.8, 4) is 0 Å². The first-order valence-electron chi connectivity index (χ1n) is 8.08. The molecule has 1 aliphatic rings. The maximum Gasteiger partial charge on any atom is 0.272 e. The molecular formula is C17H21N5O. The highest BCUT2D eigenvalue weighted by Crippen LogP contribution is 2.20. The fraction of sp³-hybridized carbons (Fsp3) is 0.412. The molecule has 2 aromatic heterocycles. The lowest BCUT2D eigenvalue weighted by Gasteiger charge is -2.22. The van der Waals surface area contributed by atoms with E-state index in [-0.39, 0.29) is 5.91 Å². The van der Waals surface area contributed by atoms with E-state index in [1.165, 1.54) is 32.1 Å². The zero-order chi connectivity index (χ0) is 15.9. The average molecular weight is 311 g/mol. The minimum Gasteiger partial charge on any atom is -0.366 e. The Kier molecular flexibility index (Phi) is 5.13. The summed E-state index contributed by atoms with van der Waals surface area (Å²) < 4.78 is 0. The van der Waals surface area contributed by atoms with Crippen LogP contribution in [-0.4, -0.2) is 27.1 Å². The summed E-state index contributed by atoms with van der Waals surface area (Å²) in [6, 6.07) is 7.74. The Morgan fingerprint density at radius 3 is 2.52 bits per heavy atom. The Balaban J connectivity index is 1.52. The SMILES string of the molecule is O=C(NCc1ccncc1)c1ccc(NC2CCCCC2)nn1. The van der Waals surface area contributed by atoms with Crippen LogP contribution in [0.15, 0.2) is 36.7 Å². The molecule has 23 heavy (non-hydrogen) atoms. The Bertz CT molecular complexity index is 623. The van der Waals surface area contributed by atoms with E-state index in [2.05, 4.69) is 25.8 Å². The van der Waals surface area contributed by atoms with Gasteiger partial charge in [-0.15, -0.1) is 10.2 Å². The molecule has 0 unspecified atom stereocenters. The van der Waals surface area contributed by atoms with E-state index in [0.717, 1.165) is 11.4 Å². The lowest BCUT2D eigenvalue weighted by molar-refractivity contribution is 0.0945. The van der Waals surface area contributed by atoms with Gasteiger partial charge in [0.05, 0.1) is 0 Å². The molecule has 120 valence electrons. The minimum absolute atomic E-state index is 0.224. The van der Waals surface area contributed by atoms with Crippen LogP contribution in [0.5, 0.6) is 0 Å². The van der Waals surface area contributed by atoms with Crippen molar-refractivity contribution in [3.05, 3.63) is 47.9 Å². The van der Waals surface area contributed by atoms with E-state index in [0.29, 0.717) is 18.3 Å². The normalized spacial score (nSPS) is 15.1. The first kappa shape index (κ1) is 15.4. The van der Waals surface area contributed by atoms with Crippen molar-refractivity contribution >= 4 is 11.7 Å². The summed E-state index contributed by atoms with van der Waals surface area (Å²) in [5, 5.41) is 14.4. The molecule has 2 aromatic rings. The number of hydrogen-bond donors (Lipinski definition) is 2. The number of hydrogen-bond acceptors (Lipinski definition) is 5. The predicted molar refractivity (Wildman–Crippen MR) is 87.9 cm³/mol. The van der Waals surface area contributed by atoms with Crippen LogP contribution in [0.3, 0.4) is 0 Å². The molecule has 0 radical (unpaired) electrons. The predicted octanol–water partition coefficient (Wildman–Crippen LogP) is 2.55. The highest BCUT2D eigenvalue weighted by molar-refractivity contribution is 5.92. The Hall–Kier alpha value is -2.50. The molecule has 1 saturated carbocycles. The number of amides is 1. The van der Waals surface area contributed by atoms with Gasteiger partial charge in [0.2, 0.25) is 0 Å². The molecule has 6 nitrogen and oxygen atoms in total. The molecule has 1 aliphatic carbocycles. The summed E-state index contributed by atoms with van der Waals surface area (Å²) in [4.78, 5) is 16.0. The number of nitrogens with zero attached hydrogens (tertiary/aromatic N) is 3. The van der Waals surface area contributed by atoms with E-state index in [1.807, 2.05) is 18.2 Å². The van der Waals surface area contributed by atoms with Crippen molar-refractivity contribution in [1.82, 2.24) is 20.5 Å². The molecule has 0 atom stereocenters. The molecule has 0 saturated heterocycles. The van der Waals surface area contributed by atoms with Crippen molar-refractivity contribution in [3.63, 3.8) is 0 Å². The van der Waals surface area contributed by atoms with Crippen molar-refractivity contribution in [2.24, 2.45) is 0 Å². The van der Waals surface area contributed by atoms with Crippen LogP contribution in [0.2, 0.25) is 0 Å². The highest BCUT2D eigenvalue weighted by atomic mass is 16.1. The maximum absolute atomic E-state index is 12.1. The van der Waals surface area contributed by atoms with E-state index in [1.54, 1.807) is 18.5 Å². The van der Waals surface area contributed by atoms with Crippen LogP contribution in [0, 0.1) is 0 Å². The van der Waals surface area contributed by atoms with Crippen LogP contribution in [0.25, 0.3) is 0 Å². The van der Waals surface area contributed by atoms with E-state index in [9.17, 15) is 4.79 Å². The number of aromatic nitrogens is 3. The number of rotatable bonds is 5. The second kappa shape index (κ2) is 7.67. The van der Waals surface area contributed by atoms with Crippen LogP contribution in [-0.2, 0) is 6.54 Å². The average Bonchev–Trinajstić information content (AvgIpc) is 2.62.